The van der Waals surface area contributed by atoms with Gasteiger partial charge in [0, 0.05) is 64.6 Å². The Morgan fingerprint density at radius 3 is 0.720 bits per heavy atom. The first-order valence-electron chi connectivity index (χ1n) is 51.3. The van der Waals surface area contributed by atoms with E-state index < -0.39 is 0 Å². The third kappa shape index (κ3) is 13.1. The fraction of sp³-hybridized carbons (Fsp3) is 0. The van der Waals surface area contributed by atoms with E-state index in [1.54, 1.807) is 0 Å². The van der Waals surface area contributed by atoms with Crippen molar-refractivity contribution < 1.29 is 26.5 Å². The number of hydrogen-bond acceptors (Lipinski definition) is 6. The van der Waals surface area contributed by atoms with Crippen LogP contribution >= 0.6 is 0 Å². The maximum atomic E-state index is 6.81. The average molecular weight is 1910 g/mol. The van der Waals surface area contributed by atoms with E-state index in [0.717, 1.165) is 164 Å². The molecule has 150 heavy (non-hydrogen) atoms. The standard InChI is InChI=1S/3C48H28O2/c1-2-13-29(14-3-1)44-34-19-5-7-21-36(34)45(37-22-8-6-20-35(37)44)31-16-12-15-30(27-31)41-28-42-40-26-25-39-33-18-10-11-24-43(33)49-47(39)48(40)50-46(42)38-23-9-4-17-32(38)41;1-2-13-29(14-3-1)44-33-18-5-7-20-35(33)45(36-21-8-6-19-34(36)44)31-16-12-15-30(27-31)40-28-41-38-25-26-43-46(39-23-10-11-24-42(39)49-43)48(38)50-47(41)37-22-9-4-17-32(37)40;1-2-13-29(14-3-1)44-35-20-6-8-22-37(35)45(38-23-9-7-21-36(38)44)31-16-12-15-30(27-31)40-28-43-46(34-19-5-4-17-32(34)40)47-42(49-43)26-25-39-33-18-10-11-24-41(33)50-48(39)47/h3*1-28H. The van der Waals surface area contributed by atoms with Crippen LogP contribution in [0.3, 0.4) is 0 Å². The minimum atomic E-state index is 0.793. The van der Waals surface area contributed by atoms with E-state index in [2.05, 4.69) is 473 Å². The molecule has 0 aliphatic heterocycles. The highest BCUT2D eigenvalue weighted by atomic mass is 16.4. The van der Waals surface area contributed by atoms with Crippen LogP contribution in [0.25, 0.3) is 329 Å². The van der Waals surface area contributed by atoms with Crippen molar-refractivity contribution in [1.29, 1.82) is 0 Å². The molecule has 6 heteroatoms. The number of rotatable bonds is 9. The lowest BCUT2D eigenvalue weighted by molar-refractivity contribution is 0.635. The van der Waals surface area contributed by atoms with E-state index in [0.29, 0.717) is 0 Å². The molecule has 33 aromatic rings. The third-order valence-electron chi connectivity index (χ3n) is 31.3. The summed E-state index contributed by atoms with van der Waals surface area (Å²) in [6.45, 7) is 0. The van der Waals surface area contributed by atoms with E-state index in [1.165, 1.54) is 164 Å². The van der Waals surface area contributed by atoms with Gasteiger partial charge < -0.3 is 26.5 Å². The van der Waals surface area contributed by atoms with Gasteiger partial charge in [0.1, 0.15) is 55.8 Å². The molecule has 0 spiro atoms. The number of para-hydroxylation sites is 3. The maximum Gasteiger partial charge on any atom is 0.178 e. The molecule has 0 fully saturated rings. The lowest BCUT2D eigenvalue weighted by Crippen LogP contribution is -1.91. The van der Waals surface area contributed by atoms with Crippen molar-refractivity contribution in [2.75, 3.05) is 0 Å². The van der Waals surface area contributed by atoms with E-state index >= 15 is 0 Å². The van der Waals surface area contributed by atoms with Crippen LogP contribution in [0.5, 0.6) is 0 Å². The number of benzene rings is 27. The van der Waals surface area contributed by atoms with Gasteiger partial charge in [-0.1, -0.05) is 419 Å². The zero-order chi connectivity index (χ0) is 98.3. The van der Waals surface area contributed by atoms with E-state index in [-0.39, 0.29) is 0 Å². The normalized spacial score (nSPS) is 12.0. The Kier molecular flexibility index (Phi) is 19.1. The first kappa shape index (κ1) is 84.6. The zero-order valence-corrected chi connectivity index (χ0v) is 80.9. The maximum absolute atomic E-state index is 6.81. The van der Waals surface area contributed by atoms with Gasteiger partial charge in [0.2, 0.25) is 0 Å². The molecule has 0 aliphatic carbocycles. The van der Waals surface area contributed by atoms with Crippen molar-refractivity contribution >= 4 is 229 Å². The second-order valence-electron chi connectivity index (χ2n) is 39.5. The predicted octanol–water partition coefficient (Wildman–Crippen LogP) is 41.8. The quantitative estimate of drug-likeness (QED) is 0.134. The zero-order valence-electron chi connectivity index (χ0n) is 80.9. The molecule has 0 atom stereocenters. The fourth-order valence-corrected chi connectivity index (χ4v) is 24.9. The van der Waals surface area contributed by atoms with Crippen molar-refractivity contribution in [2.24, 2.45) is 0 Å². The SMILES string of the molecule is c1ccc(-c2c3ccccc3c(-c3cccc(-c4cc5c6ccc7c8ccccc8oc7c6oc5c5ccccc45)c3)c3ccccc23)cc1.c1ccc(-c2c3ccccc3c(-c3cccc(-c4cc5c6ccc7oc8ccccc8c7c6oc5c5ccccc45)c3)c3ccccc23)cc1.c1ccc(-c2c3ccccc3c(-c3cccc(-c4cc5oc6ccc7c8ccccc8oc7c6c5c5ccccc45)c3)c3ccccc23)cc1. The summed E-state index contributed by atoms with van der Waals surface area (Å²) in [7, 11) is 0. The lowest BCUT2D eigenvalue weighted by Gasteiger charge is -2.18. The molecule has 6 aromatic heterocycles. The van der Waals surface area contributed by atoms with Gasteiger partial charge in [-0.25, -0.2) is 0 Å². The Morgan fingerprint density at radius 2 is 0.327 bits per heavy atom. The largest absolute Gasteiger partial charge is 0.456 e. The van der Waals surface area contributed by atoms with Gasteiger partial charge in [-0.2, -0.15) is 0 Å². The van der Waals surface area contributed by atoms with Crippen LogP contribution in [0.15, 0.2) is 536 Å². The molecule has 0 amide bonds. The third-order valence-corrected chi connectivity index (χ3v) is 31.3. The van der Waals surface area contributed by atoms with Crippen LogP contribution in [0.1, 0.15) is 0 Å². The van der Waals surface area contributed by atoms with Gasteiger partial charge in [0.25, 0.3) is 0 Å². The molecule has 696 valence electrons. The first-order chi connectivity index (χ1) is 74.4. The molecule has 0 saturated heterocycles. The van der Waals surface area contributed by atoms with Gasteiger partial charge in [0.15, 0.2) is 11.2 Å². The lowest BCUT2D eigenvalue weighted by atomic mass is 9.85. The Bertz CT molecular complexity index is 11300. The molecule has 0 unspecified atom stereocenters. The Morgan fingerprint density at radius 1 is 0.0933 bits per heavy atom. The minimum absolute atomic E-state index is 0.793. The highest BCUT2D eigenvalue weighted by molar-refractivity contribution is 6.33. The van der Waals surface area contributed by atoms with E-state index in [4.69, 9.17) is 26.5 Å². The van der Waals surface area contributed by atoms with Crippen molar-refractivity contribution in [3.63, 3.8) is 0 Å². The summed E-state index contributed by atoms with van der Waals surface area (Å²) < 4.78 is 39.3. The summed E-state index contributed by atoms with van der Waals surface area (Å²) in [4.78, 5) is 0. The summed E-state index contributed by atoms with van der Waals surface area (Å²) in [6.07, 6.45) is 0. The molecule has 0 N–H and O–H groups in total. The molecule has 0 radical (unpaired) electrons. The number of fused-ring (bicyclic) bond motifs is 33. The van der Waals surface area contributed by atoms with E-state index in [9.17, 15) is 0 Å². The second-order valence-corrected chi connectivity index (χ2v) is 39.5. The molecule has 6 heterocycles. The van der Waals surface area contributed by atoms with Gasteiger partial charge in [-0.15, -0.1) is 0 Å². The molecule has 33 rings (SSSR count). The molecule has 0 aliphatic rings. The smallest absolute Gasteiger partial charge is 0.178 e. The summed E-state index contributed by atoms with van der Waals surface area (Å²) in [6, 6.07) is 183. The number of hydrogen-bond donors (Lipinski definition) is 0. The Hall–Kier alpha value is -19.9. The van der Waals surface area contributed by atoms with Crippen molar-refractivity contribution in [2.45, 2.75) is 0 Å². The van der Waals surface area contributed by atoms with Crippen molar-refractivity contribution in [3.8, 4) is 100 Å². The first-order valence-corrected chi connectivity index (χ1v) is 51.3. The highest BCUT2D eigenvalue weighted by Crippen LogP contribution is 2.54. The van der Waals surface area contributed by atoms with Crippen LogP contribution in [-0.4, -0.2) is 0 Å². The van der Waals surface area contributed by atoms with Crippen molar-refractivity contribution in [1.82, 2.24) is 0 Å². The van der Waals surface area contributed by atoms with Gasteiger partial charge in [0.05, 0.1) is 10.8 Å². The summed E-state index contributed by atoms with van der Waals surface area (Å²) in [5, 5.41) is 34.8. The summed E-state index contributed by atoms with van der Waals surface area (Å²) in [5.74, 6) is 0. The summed E-state index contributed by atoms with van der Waals surface area (Å²) >= 11 is 0. The van der Waals surface area contributed by atoms with Crippen LogP contribution in [0.2, 0.25) is 0 Å². The van der Waals surface area contributed by atoms with Gasteiger partial charge in [-0.3, -0.25) is 0 Å². The van der Waals surface area contributed by atoms with Crippen molar-refractivity contribution in [3.05, 3.63) is 510 Å². The van der Waals surface area contributed by atoms with Crippen LogP contribution in [0.4, 0.5) is 0 Å². The predicted molar refractivity (Wildman–Crippen MR) is 629 cm³/mol. The fourth-order valence-electron chi connectivity index (χ4n) is 24.9. The molecule has 6 nitrogen and oxygen atoms in total. The van der Waals surface area contributed by atoms with E-state index in [1.807, 2.05) is 36.4 Å². The molecular formula is C144H84O6. The van der Waals surface area contributed by atoms with Crippen LogP contribution in [0, 0.1) is 0 Å². The van der Waals surface area contributed by atoms with Crippen LogP contribution in [-0.2, 0) is 0 Å². The molecule has 27 aromatic carbocycles. The molecule has 0 saturated carbocycles. The van der Waals surface area contributed by atoms with Crippen LogP contribution < -0.4 is 0 Å². The minimum Gasteiger partial charge on any atom is -0.456 e. The monoisotopic (exact) mass is 1910 g/mol. The summed E-state index contributed by atoms with van der Waals surface area (Å²) in [5.41, 5.74) is 32.1. The Balaban J connectivity index is 0.000000101. The topological polar surface area (TPSA) is 78.8 Å². The molecular weight excluding hydrogens is 1830 g/mol. The average Bonchev–Trinajstić information content (AvgIpc) is 1.56. The molecule has 0 bridgehead atoms. The van der Waals surface area contributed by atoms with Gasteiger partial charge in [-0.05, 0) is 277 Å². The Labute approximate surface area is 858 Å². The number of furan rings is 6. The highest BCUT2D eigenvalue weighted by Gasteiger charge is 2.29. The second kappa shape index (κ2) is 33.9. The van der Waals surface area contributed by atoms with Gasteiger partial charge >= 0.3 is 0 Å².